The van der Waals surface area contributed by atoms with Gasteiger partial charge in [0.1, 0.15) is 0 Å². The van der Waals surface area contributed by atoms with Crippen molar-refractivity contribution in [2.75, 3.05) is 6.54 Å². The fourth-order valence-electron chi connectivity index (χ4n) is 3.81. The molecule has 1 amide bonds. The lowest BCUT2D eigenvalue weighted by atomic mass is 9.97. The van der Waals surface area contributed by atoms with Gasteiger partial charge in [-0.3, -0.25) is 19.0 Å². The molecule has 2 aromatic carbocycles. The second kappa shape index (κ2) is 8.40. The molecule has 1 atom stereocenters. The summed E-state index contributed by atoms with van der Waals surface area (Å²) < 4.78 is 2.10. The van der Waals surface area contributed by atoms with E-state index in [1.54, 1.807) is 48.2 Å². The van der Waals surface area contributed by atoms with Crippen LogP contribution in [0.2, 0.25) is 0 Å². The number of aryl methyl sites for hydroxylation is 1. The quantitative estimate of drug-likeness (QED) is 0.434. The van der Waals surface area contributed by atoms with Gasteiger partial charge >= 0.3 is 0 Å². The van der Waals surface area contributed by atoms with Crippen molar-refractivity contribution >= 4 is 27.6 Å². The lowest BCUT2D eigenvalue weighted by molar-refractivity contribution is -0.134. The highest BCUT2D eigenvalue weighted by atomic mass is 79.9. The SMILES string of the molecule is Cc1cccn(C(C(=O)c2ccc(Br)cc2)C(=O)N2CCc3ccccc3C2)c1=O. The van der Waals surface area contributed by atoms with Crippen LogP contribution in [0.3, 0.4) is 0 Å². The number of hydrogen-bond acceptors (Lipinski definition) is 3. The number of carbonyl (C=O) groups is 2. The smallest absolute Gasteiger partial charge is 0.254 e. The molecule has 0 saturated heterocycles. The monoisotopic (exact) mass is 464 g/mol. The average Bonchev–Trinajstić information content (AvgIpc) is 2.76. The van der Waals surface area contributed by atoms with Gasteiger partial charge in [-0.05, 0) is 42.7 Å². The van der Waals surface area contributed by atoms with Crippen LogP contribution < -0.4 is 5.56 Å². The number of aromatic nitrogens is 1. The summed E-state index contributed by atoms with van der Waals surface area (Å²) in [7, 11) is 0. The fourth-order valence-corrected chi connectivity index (χ4v) is 4.08. The molecular formula is C24H21BrN2O3. The molecule has 0 fully saturated rings. The Balaban J connectivity index is 1.74. The van der Waals surface area contributed by atoms with Crippen LogP contribution in [0.15, 0.2) is 76.1 Å². The first-order valence-corrected chi connectivity index (χ1v) is 10.6. The first-order chi connectivity index (χ1) is 14.5. The summed E-state index contributed by atoms with van der Waals surface area (Å²) in [5.74, 6) is -0.746. The number of hydrogen-bond donors (Lipinski definition) is 0. The number of carbonyl (C=O) groups excluding carboxylic acids is 2. The number of rotatable bonds is 4. The molecule has 152 valence electrons. The van der Waals surface area contributed by atoms with Crippen LogP contribution in [-0.4, -0.2) is 27.7 Å². The Morgan fingerprint density at radius 1 is 0.967 bits per heavy atom. The van der Waals surface area contributed by atoms with Crippen LogP contribution in [0.5, 0.6) is 0 Å². The summed E-state index contributed by atoms with van der Waals surface area (Å²) in [5.41, 5.74) is 2.83. The molecule has 0 bridgehead atoms. The Kier molecular flexibility index (Phi) is 5.68. The highest BCUT2D eigenvalue weighted by Crippen LogP contribution is 2.24. The van der Waals surface area contributed by atoms with Gasteiger partial charge in [-0.15, -0.1) is 0 Å². The van der Waals surface area contributed by atoms with Crippen LogP contribution in [0.25, 0.3) is 0 Å². The van der Waals surface area contributed by atoms with E-state index in [0.29, 0.717) is 24.2 Å². The van der Waals surface area contributed by atoms with Crippen LogP contribution >= 0.6 is 15.9 Å². The third-order valence-electron chi connectivity index (χ3n) is 5.50. The lowest BCUT2D eigenvalue weighted by Gasteiger charge is -2.32. The van der Waals surface area contributed by atoms with Gasteiger partial charge in [0.2, 0.25) is 0 Å². The molecule has 0 spiro atoms. The molecule has 0 N–H and O–H groups in total. The summed E-state index contributed by atoms with van der Waals surface area (Å²) >= 11 is 3.36. The lowest BCUT2D eigenvalue weighted by Crippen LogP contribution is -2.45. The van der Waals surface area contributed by atoms with Crippen molar-refractivity contribution in [3.05, 3.63) is 104 Å². The number of ketones is 1. The Hall–Kier alpha value is -2.99. The number of halogens is 1. The van der Waals surface area contributed by atoms with Gasteiger partial charge in [0.25, 0.3) is 11.5 Å². The topological polar surface area (TPSA) is 59.4 Å². The van der Waals surface area contributed by atoms with Crippen molar-refractivity contribution in [2.24, 2.45) is 0 Å². The zero-order valence-electron chi connectivity index (χ0n) is 16.5. The summed E-state index contributed by atoms with van der Waals surface area (Å²) in [6.07, 6.45) is 2.25. The second-order valence-electron chi connectivity index (χ2n) is 7.46. The predicted molar refractivity (Wildman–Crippen MR) is 119 cm³/mol. The van der Waals surface area contributed by atoms with Crippen molar-refractivity contribution in [3.8, 4) is 0 Å². The van der Waals surface area contributed by atoms with E-state index >= 15 is 0 Å². The van der Waals surface area contributed by atoms with Crippen molar-refractivity contribution in [2.45, 2.75) is 25.9 Å². The number of amides is 1. The Morgan fingerprint density at radius 2 is 1.67 bits per heavy atom. The van der Waals surface area contributed by atoms with Gasteiger partial charge in [0.15, 0.2) is 11.8 Å². The van der Waals surface area contributed by atoms with Gasteiger partial charge in [-0.1, -0.05) is 58.4 Å². The van der Waals surface area contributed by atoms with Crippen molar-refractivity contribution in [1.29, 1.82) is 0 Å². The minimum Gasteiger partial charge on any atom is -0.336 e. The molecule has 6 heteroatoms. The molecule has 1 aliphatic heterocycles. The normalized spacial score (nSPS) is 14.1. The molecule has 4 rings (SSSR count). The van der Waals surface area contributed by atoms with Gasteiger partial charge in [0.05, 0.1) is 0 Å². The van der Waals surface area contributed by atoms with E-state index in [0.717, 1.165) is 16.5 Å². The van der Waals surface area contributed by atoms with E-state index in [1.807, 2.05) is 18.2 Å². The minimum atomic E-state index is -1.23. The largest absolute Gasteiger partial charge is 0.336 e. The molecule has 1 aromatic heterocycles. The van der Waals surface area contributed by atoms with Gasteiger partial charge < -0.3 is 4.90 Å². The minimum absolute atomic E-state index is 0.335. The Labute approximate surface area is 183 Å². The molecule has 1 unspecified atom stereocenters. The number of benzene rings is 2. The Morgan fingerprint density at radius 3 is 2.40 bits per heavy atom. The summed E-state index contributed by atoms with van der Waals surface area (Å²) in [4.78, 5) is 41.5. The highest BCUT2D eigenvalue weighted by molar-refractivity contribution is 9.10. The van der Waals surface area contributed by atoms with Crippen LogP contribution in [0, 0.1) is 6.92 Å². The van der Waals surface area contributed by atoms with E-state index in [9.17, 15) is 14.4 Å². The number of pyridine rings is 1. The number of Topliss-reactive ketones (excluding diaryl/α,β-unsaturated/α-hetero) is 1. The first-order valence-electron chi connectivity index (χ1n) is 9.79. The maximum Gasteiger partial charge on any atom is 0.254 e. The third kappa shape index (κ3) is 3.87. The van der Waals surface area contributed by atoms with Crippen LogP contribution in [0.4, 0.5) is 0 Å². The van der Waals surface area contributed by atoms with E-state index < -0.39 is 6.04 Å². The summed E-state index contributed by atoms with van der Waals surface area (Å²) in [5, 5.41) is 0. The van der Waals surface area contributed by atoms with Crippen LogP contribution in [-0.2, 0) is 17.8 Å². The van der Waals surface area contributed by atoms with E-state index in [1.165, 1.54) is 16.3 Å². The van der Waals surface area contributed by atoms with Gasteiger partial charge in [-0.2, -0.15) is 0 Å². The zero-order valence-corrected chi connectivity index (χ0v) is 18.1. The molecule has 0 saturated carbocycles. The molecule has 0 radical (unpaired) electrons. The molecule has 30 heavy (non-hydrogen) atoms. The first kappa shape index (κ1) is 20.3. The Bertz CT molecular complexity index is 1170. The molecular weight excluding hydrogens is 444 g/mol. The predicted octanol–water partition coefficient (Wildman–Crippen LogP) is 3.93. The van der Waals surface area contributed by atoms with Crippen molar-refractivity contribution in [3.63, 3.8) is 0 Å². The fraction of sp³-hybridized carbons (Fsp3) is 0.208. The number of nitrogens with zero attached hydrogens (tertiary/aromatic N) is 2. The van der Waals surface area contributed by atoms with E-state index in [-0.39, 0.29) is 17.2 Å². The zero-order chi connectivity index (χ0) is 21.3. The van der Waals surface area contributed by atoms with Gasteiger partial charge in [0, 0.05) is 34.9 Å². The average molecular weight is 465 g/mol. The van der Waals surface area contributed by atoms with Crippen LogP contribution in [0.1, 0.15) is 33.1 Å². The molecule has 2 heterocycles. The van der Waals surface area contributed by atoms with Crippen molar-refractivity contribution < 1.29 is 9.59 Å². The van der Waals surface area contributed by atoms with Crippen molar-refractivity contribution in [1.82, 2.24) is 9.47 Å². The highest BCUT2D eigenvalue weighted by Gasteiger charge is 2.35. The number of fused-ring (bicyclic) bond motifs is 1. The standard InChI is InChI=1S/C24H21BrN2O3/c1-16-5-4-13-27(23(16)29)21(22(28)18-8-10-20(25)11-9-18)24(30)26-14-12-17-6-2-3-7-19(17)15-26/h2-11,13,21H,12,14-15H2,1H3. The molecule has 1 aliphatic rings. The second-order valence-corrected chi connectivity index (χ2v) is 8.37. The third-order valence-corrected chi connectivity index (χ3v) is 6.02. The molecule has 3 aromatic rings. The maximum atomic E-state index is 13.6. The van der Waals surface area contributed by atoms with E-state index in [2.05, 4.69) is 22.0 Å². The molecule has 0 aliphatic carbocycles. The summed E-state index contributed by atoms with van der Waals surface area (Å²) in [6, 6.07) is 17.0. The summed E-state index contributed by atoms with van der Waals surface area (Å²) in [6.45, 7) is 2.63. The van der Waals surface area contributed by atoms with Gasteiger partial charge in [-0.25, -0.2) is 0 Å². The van der Waals surface area contributed by atoms with E-state index in [4.69, 9.17) is 0 Å². The molecule has 5 nitrogen and oxygen atoms in total. The maximum absolute atomic E-state index is 13.6.